The predicted octanol–water partition coefficient (Wildman–Crippen LogP) is -0.307. The van der Waals surface area contributed by atoms with E-state index in [-0.39, 0.29) is 17.5 Å². The van der Waals surface area contributed by atoms with Crippen molar-refractivity contribution < 1.29 is 18.3 Å². The molecule has 2 atom stereocenters. The van der Waals surface area contributed by atoms with Crippen LogP contribution in [-0.2, 0) is 14.6 Å². The first-order valence-electron chi connectivity index (χ1n) is 6.30. The summed E-state index contributed by atoms with van der Waals surface area (Å²) < 4.78 is 28.2. The zero-order valence-electron chi connectivity index (χ0n) is 9.97. The van der Waals surface area contributed by atoms with E-state index in [0.29, 0.717) is 19.3 Å². The van der Waals surface area contributed by atoms with Gasteiger partial charge in [0.05, 0.1) is 30.3 Å². The zero-order chi connectivity index (χ0) is 12.3. The van der Waals surface area contributed by atoms with E-state index in [9.17, 15) is 13.5 Å². The van der Waals surface area contributed by atoms with Gasteiger partial charge in [-0.25, -0.2) is 8.42 Å². The van der Waals surface area contributed by atoms with Gasteiger partial charge in [0.15, 0.2) is 9.84 Å². The van der Waals surface area contributed by atoms with E-state index in [0.717, 1.165) is 12.8 Å². The van der Waals surface area contributed by atoms with E-state index < -0.39 is 15.9 Å². The van der Waals surface area contributed by atoms with E-state index in [1.807, 2.05) is 0 Å². The average Bonchev–Trinajstić information content (AvgIpc) is 2.81. The summed E-state index contributed by atoms with van der Waals surface area (Å²) >= 11 is 0. The molecule has 1 saturated heterocycles. The van der Waals surface area contributed by atoms with Gasteiger partial charge in [-0.1, -0.05) is 12.8 Å². The Morgan fingerprint density at radius 1 is 1.24 bits per heavy atom. The smallest absolute Gasteiger partial charge is 0.154 e. The molecule has 2 unspecified atom stereocenters. The summed E-state index contributed by atoms with van der Waals surface area (Å²) in [6, 6.07) is -0.327. The third-order valence-corrected chi connectivity index (χ3v) is 5.20. The lowest BCUT2D eigenvalue weighted by Gasteiger charge is -2.16. The molecule has 2 N–H and O–H groups in total. The molecule has 2 fully saturated rings. The maximum atomic E-state index is 11.3. The summed E-state index contributed by atoms with van der Waals surface area (Å²) in [6.45, 7) is 1.20. The van der Waals surface area contributed by atoms with Crippen LogP contribution in [0.15, 0.2) is 0 Å². The van der Waals surface area contributed by atoms with E-state index in [1.54, 1.807) is 0 Å². The minimum absolute atomic E-state index is 0.0393. The monoisotopic (exact) mass is 263 g/mol. The van der Waals surface area contributed by atoms with Crippen molar-refractivity contribution in [1.82, 2.24) is 5.32 Å². The fourth-order valence-corrected chi connectivity index (χ4v) is 4.32. The SMILES string of the molecule is O=S1(=O)CC(O)C(NCCOC2CCCC2)C1. The lowest BCUT2D eigenvalue weighted by molar-refractivity contribution is 0.0566. The number of hydrogen-bond donors (Lipinski definition) is 2. The maximum Gasteiger partial charge on any atom is 0.154 e. The van der Waals surface area contributed by atoms with Gasteiger partial charge in [-0.05, 0) is 12.8 Å². The molecule has 2 rings (SSSR count). The number of aliphatic hydroxyl groups is 1. The van der Waals surface area contributed by atoms with Crippen LogP contribution in [0.1, 0.15) is 25.7 Å². The Hall–Kier alpha value is -0.170. The molecule has 0 bridgehead atoms. The van der Waals surface area contributed by atoms with Crippen molar-refractivity contribution in [2.75, 3.05) is 24.7 Å². The average molecular weight is 263 g/mol. The van der Waals surface area contributed by atoms with Crippen LogP contribution in [0, 0.1) is 0 Å². The Morgan fingerprint density at radius 2 is 1.94 bits per heavy atom. The molecular weight excluding hydrogens is 242 g/mol. The van der Waals surface area contributed by atoms with Crippen LogP contribution in [0.25, 0.3) is 0 Å². The molecule has 1 heterocycles. The molecule has 100 valence electrons. The summed E-state index contributed by atoms with van der Waals surface area (Å²) in [6.07, 6.45) is 4.39. The normalized spacial score (nSPS) is 33.2. The fraction of sp³-hybridized carbons (Fsp3) is 1.00. The Kier molecular flexibility index (Phi) is 4.41. The number of aliphatic hydroxyl groups excluding tert-OH is 1. The van der Waals surface area contributed by atoms with Crippen LogP contribution < -0.4 is 5.32 Å². The Bertz CT molecular complexity index is 337. The van der Waals surface area contributed by atoms with Crippen molar-refractivity contribution in [3.8, 4) is 0 Å². The molecular formula is C11H21NO4S. The standard InChI is InChI=1S/C11H21NO4S/c13-11-8-17(14,15)7-10(11)12-5-6-16-9-3-1-2-4-9/h9-13H,1-8H2. The third-order valence-electron chi connectivity index (χ3n) is 3.49. The minimum Gasteiger partial charge on any atom is -0.390 e. The van der Waals surface area contributed by atoms with Gasteiger partial charge in [0.25, 0.3) is 0 Å². The number of nitrogens with one attached hydrogen (secondary N) is 1. The van der Waals surface area contributed by atoms with Gasteiger partial charge in [0, 0.05) is 12.6 Å². The zero-order valence-corrected chi connectivity index (χ0v) is 10.8. The van der Waals surface area contributed by atoms with Crippen molar-refractivity contribution in [2.24, 2.45) is 0 Å². The molecule has 0 amide bonds. The number of hydrogen-bond acceptors (Lipinski definition) is 5. The topological polar surface area (TPSA) is 75.6 Å². The molecule has 0 spiro atoms. The third kappa shape index (κ3) is 3.91. The second kappa shape index (κ2) is 5.65. The second-order valence-electron chi connectivity index (χ2n) is 4.98. The van der Waals surface area contributed by atoms with Crippen LogP contribution in [0.5, 0.6) is 0 Å². The van der Waals surface area contributed by atoms with Crippen LogP contribution >= 0.6 is 0 Å². The Morgan fingerprint density at radius 3 is 2.53 bits per heavy atom. The second-order valence-corrected chi connectivity index (χ2v) is 7.14. The molecule has 2 aliphatic rings. The summed E-state index contributed by atoms with van der Waals surface area (Å²) in [5, 5.41) is 12.6. The fourth-order valence-electron chi connectivity index (χ4n) is 2.55. The van der Waals surface area contributed by atoms with Gasteiger partial charge in [-0.3, -0.25) is 0 Å². The summed E-state index contributed by atoms with van der Waals surface area (Å²) in [7, 11) is -3.05. The van der Waals surface area contributed by atoms with Gasteiger partial charge < -0.3 is 15.2 Å². The van der Waals surface area contributed by atoms with Gasteiger partial charge in [0.1, 0.15) is 0 Å². The number of rotatable bonds is 5. The van der Waals surface area contributed by atoms with E-state index in [2.05, 4.69) is 5.32 Å². The summed E-state index contributed by atoms with van der Waals surface area (Å²) in [5.74, 6) is -0.0776. The van der Waals surface area contributed by atoms with Gasteiger partial charge >= 0.3 is 0 Å². The van der Waals surface area contributed by atoms with Crippen molar-refractivity contribution in [2.45, 2.75) is 43.9 Å². The molecule has 17 heavy (non-hydrogen) atoms. The van der Waals surface area contributed by atoms with E-state index in [4.69, 9.17) is 4.74 Å². The highest BCUT2D eigenvalue weighted by Gasteiger charge is 2.35. The summed E-state index contributed by atoms with van der Waals surface area (Å²) in [5.41, 5.74) is 0. The van der Waals surface area contributed by atoms with Crippen LogP contribution in [0.4, 0.5) is 0 Å². The molecule has 0 aromatic carbocycles. The van der Waals surface area contributed by atoms with Crippen molar-refractivity contribution in [3.63, 3.8) is 0 Å². The first-order valence-corrected chi connectivity index (χ1v) is 8.12. The molecule has 6 heteroatoms. The van der Waals surface area contributed by atoms with E-state index >= 15 is 0 Å². The first kappa shape index (κ1) is 13.3. The highest BCUT2D eigenvalue weighted by Crippen LogP contribution is 2.20. The van der Waals surface area contributed by atoms with Crippen LogP contribution in [-0.4, -0.2) is 56.4 Å². The molecule has 5 nitrogen and oxygen atoms in total. The van der Waals surface area contributed by atoms with Gasteiger partial charge in [0.2, 0.25) is 0 Å². The molecule has 0 radical (unpaired) electrons. The van der Waals surface area contributed by atoms with Crippen LogP contribution in [0.3, 0.4) is 0 Å². The molecule has 1 aliphatic carbocycles. The van der Waals surface area contributed by atoms with E-state index in [1.165, 1.54) is 12.8 Å². The highest BCUT2D eigenvalue weighted by molar-refractivity contribution is 7.91. The largest absolute Gasteiger partial charge is 0.390 e. The van der Waals surface area contributed by atoms with Crippen molar-refractivity contribution in [1.29, 1.82) is 0 Å². The summed E-state index contributed by atoms with van der Waals surface area (Å²) in [4.78, 5) is 0. The number of ether oxygens (including phenoxy) is 1. The first-order chi connectivity index (χ1) is 8.07. The molecule has 1 aliphatic heterocycles. The van der Waals surface area contributed by atoms with Crippen molar-refractivity contribution >= 4 is 9.84 Å². The lowest BCUT2D eigenvalue weighted by Crippen LogP contribution is -2.40. The quantitative estimate of drug-likeness (QED) is 0.666. The maximum absolute atomic E-state index is 11.3. The molecule has 0 aromatic heterocycles. The Balaban J connectivity index is 1.62. The van der Waals surface area contributed by atoms with Gasteiger partial charge in [-0.15, -0.1) is 0 Å². The predicted molar refractivity (Wildman–Crippen MR) is 64.7 cm³/mol. The highest BCUT2D eigenvalue weighted by atomic mass is 32.2. The molecule has 0 aromatic rings. The van der Waals surface area contributed by atoms with Crippen molar-refractivity contribution in [3.05, 3.63) is 0 Å². The minimum atomic E-state index is -3.05. The number of sulfone groups is 1. The molecule has 1 saturated carbocycles. The van der Waals surface area contributed by atoms with Crippen LogP contribution in [0.2, 0.25) is 0 Å². The van der Waals surface area contributed by atoms with Gasteiger partial charge in [-0.2, -0.15) is 0 Å². The lowest BCUT2D eigenvalue weighted by atomic mass is 10.2. The Labute approximate surface area is 102 Å².